The molecule has 5 heteroatoms. The van der Waals surface area contributed by atoms with Crippen LogP contribution in [0.25, 0.3) is 0 Å². The van der Waals surface area contributed by atoms with Gasteiger partial charge in [-0.05, 0) is 23.8 Å². The summed E-state index contributed by atoms with van der Waals surface area (Å²) in [5.41, 5.74) is 4.20. The van der Waals surface area contributed by atoms with Gasteiger partial charge in [-0.2, -0.15) is 5.10 Å². The number of aromatic nitrogens is 3. The van der Waals surface area contributed by atoms with E-state index < -0.39 is 0 Å². The fraction of sp³-hybridized carbons (Fsp3) is 0.333. The topological polar surface area (TPSA) is 79.6 Å². The van der Waals surface area contributed by atoms with Crippen LogP contribution >= 0.6 is 0 Å². The summed E-state index contributed by atoms with van der Waals surface area (Å²) in [5, 5.41) is 6.75. The molecule has 1 saturated carbocycles. The molecule has 1 aliphatic rings. The molecule has 5 nitrogen and oxygen atoms in total. The highest BCUT2D eigenvalue weighted by Crippen LogP contribution is 2.53. The van der Waals surface area contributed by atoms with Crippen LogP contribution in [0.1, 0.15) is 29.8 Å². The van der Waals surface area contributed by atoms with Crippen molar-refractivity contribution in [2.75, 3.05) is 0 Å². The van der Waals surface area contributed by atoms with E-state index >= 15 is 0 Å². The SMILES string of the molecule is NNC(c1ncn[nH]1)C1CC1c1ccccc1. The van der Waals surface area contributed by atoms with Gasteiger partial charge in [0.25, 0.3) is 0 Å². The molecule has 88 valence electrons. The highest BCUT2D eigenvalue weighted by Gasteiger charge is 2.45. The molecule has 0 spiro atoms. The predicted octanol–water partition coefficient (Wildman–Crippen LogP) is 1.11. The summed E-state index contributed by atoms with van der Waals surface area (Å²) in [6, 6.07) is 10.6. The van der Waals surface area contributed by atoms with Crippen LogP contribution in [-0.2, 0) is 0 Å². The lowest BCUT2D eigenvalue weighted by atomic mass is 10.1. The lowest BCUT2D eigenvalue weighted by Gasteiger charge is -2.12. The van der Waals surface area contributed by atoms with E-state index in [4.69, 9.17) is 5.84 Å². The number of nitrogens with one attached hydrogen (secondary N) is 2. The van der Waals surface area contributed by atoms with Gasteiger partial charge in [-0.15, -0.1) is 0 Å². The minimum absolute atomic E-state index is 0.0581. The van der Waals surface area contributed by atoms with Crippen LogP contribution in [-0.4, -0.2) is 15.2 Å². The molecule has 2 aromatic rings. The average molecular weight is 229 g/mol. The zero-order valence-corrected chi connectivity index (χ0v) is 9.38. The average Bonchev–Trinajstić information content (AvgIpc) is 2.97. The molecule has 3 rings (SSSR count). The molecule has 0 bridgehead atoms. The first-order valence-electron chi connectivity index (χ1n) is 5.76. The molecule has 17 heavy (non-hydrogen) atoms. The maximum atomic E-state index is 5.61. The Morgan fingerprint density at radius 2 is 2.18 bits per heavy atom. The fourth-order valence-corrected chi connectivity index (χ4v) is 2.44. The number of benzene rings is 1. The Balaban J connectivity index is 1.75. The third kappa shape index (κ3) is 1.94. The second-order valence-corrected chi connectivity index (χ2v) is 4.43. The van der Waals surface area contributed by atoms with Gasteiger partial charge in [-0.25, -0.2) is 10.4 Å². The maximum Gasteiger partial charge on any atom is 0.143 e. The van der Waals surface area contributed by atoms with E-state index in [1.165, 1.54) is 11.9 Å². The lowest BCUT2D eigenvalue weighted by Crippen LogP contribution is -2.30. The lowest BCUT2D eigenvalue weighted by molar-refractivity contribution is 0.465. The van der Waals surface area contributed by atoms with Crippen LogP contribution in [0.2, 0.25) is 0 Å². The highest BCUT2D eigenvalue weighted by molar-refractivity contribution is 5.27. The standard InChI is InChI=1S/C12H15N5/c13-16-11(12-14-7-15-17-12)10-6-9(10)8-4-2-1-3-5-8/h1-5,7,9-11,16H,6,13H2,(H,14,15,17). The van der Waals surface area contributed by atoms with Gasteiger partial charge in [0.1, 0.15) is 12.2 Å². The van der Waals surface area contributed by atoms with Gasteiger partial charge in [-0.3, -0.25) is 10.9 Å². The molecule has 0 saturated heterocycles. The molecule has 0 amide bonds. The Morgan fingerprint density at radius 1 is 1.35 bits per heavy atom. The van der Waals surface area contributed by atoms with Crippen LogP contribution in [0.5, 0.6) is 0 Å². The quantitative estimate of drug-likeness (QED) is 0.542. The third-order valence-corrected chi connectivity index (χ3v) is 3.40. The molecule has 1 aromatic carbocycles. The van der Waals surface area contributed by atoms with Gasteiger partial charge < -0.3 is 0 Å². The number of rotatable bonds is 4. The summed E-state index contributed by atoms with van der Waals surface area (Å²) >= 11 is 0. The molecule has 1 heterocycles. The number of nitrogens with zero attached hydrogens (tertiary/aromatic N) is 2. The van der Waals surface area contributed by atoms with Gasteiger partial charge in [0.05, 0.1) is 6.04 Å². The second kappa shape index (κ2) is 4.27. The van der Waals surface area contributed by atoms with Crippen molar-refractivity contribution in [3.05, 3.63) is 48.0 Å². The summed E-state index contributed by atoms with van der Waals surface area (Å²) in [4.78, 5) is 4.17. The largest absolute Gasteiger partial charge is 0.271 e. The number of H-pyrrole nitrogens is 1. The summed E-state index contributed by atoms with van der Waals surface area (Å²) < 4.78 is 0. The van der Waals surface area contributed by atoms with Gasteiger partial charge in [0.2, 0.25) is 0 Å². The van der Waals surface area contributed by atoms with Crippen LogP contribution in [0.4, 0.5) is 0 Å². The molecular weight excluding hydrogens is 214 g/mol. The monoisotopic (exact) mass is 229 g/mol. The van der Waals surface area contributed by atoms with E-state index in [9.17, 15) is 0 Å². The molecule has 3 atom stereocenters. The number of nitrogens with two attached hydrogens (primary N) is 1. The molecule has 1 aliphatic carbocycles. The zero-order chi connectivity index (χ0) is 11.7. The van der Waals surface area contributed by atoms with E-state index in [2.05, 4.69) is 44.9 Å². The number of hydrogen-bond acceptors (Lipinski definition) is 4. The van der Waals surface area contributed by atoms with Crippen LogP contribution < -0.4 is 11.3 Å². The van der Waals surface area contributed by atoms with Gasteiger partial charge >= 0.3 is 0 Å². The van der Waals surface area contributed by atoms with Crippen molar-refractivity contribution in [1.82, 2.24) is 20.6 Å². The normalized spacial score (nSPS) is 24.5. The maximum absolute atomic E-state index is 5.61. The van der Waals surface area contributed by atoms with Crippen LogP contribution in [0.3, 0.4) is 0 Å². The van der Waals surface area contributed by atoms with E-state index in [0.717, 1.165) is 12.2 Å². The zero-order valence-electron chi connectivity index (χ0n) is 9.38. The Morgan fingerprint density at radius 3 is 2.82 bits per heavy atom. The molecule has 0 radical (unpaired) electrons. The van der Waals surface area contributed by atoms with Gasteiger partial charge in [0.15, 0.2) is 0 Å². The molecule has 0 aliphatic heterocycles. The Kier molecular flexibility index (Phi) is 2.62. The van der Waals surface area contributed by atoms with Crippen LogP contribution in [0.15, 0.2) is 36.7 Å². The minimum atomic E-state index is 0.0581. The summed E-state index contributed by atoms with van der Waals surface area (Å²) in [6.07, 6.45) is 2.65. The molecule has 4 N–H and O–H groups in total. The molecule has 1 fully saturated rings. The Bertz CT molecular complexity index is 467. The Hall–Kier alpha value is -1.72. The first-order valence-corrected chi connectivity index (χ1v) is 5.76. The molecular formula is C12H15N5. The minimum Gasteiger partial charge on any atom is -0.271 e. The van der Waals surface area contributed by atoms with Gasteiger partial charge in [-0.1, -0.05) is 30.3 Å². The van der Waals surface area contributed by atoms with Crippen LogP contribution in [0, 0.1) is 5.92 Å². The van der Waals surface area contributed by atoms with Crippen molar-refractivity contribution in [2.24, 2.45) is 11.8 Å². The second-order valence-electron chi connectivity index (χ2n) is 4.43. The number of hydrogen-bond donors (Lipinski definition) is 3. The van der Waals surface area contributed by atoms with E-state index in [-0.39, 0.29) is 6.04 Å². The number of hydrazine groups is 1. The van der Waals surface area contributed by atoms with Crippen molar-refractivity contribution in [1.29, 1.82) is 0 Å². The number of aromatic amines is 1. The van der Waals surface area contributed by atoms with Crippen molar-refractivity contribution < 1.29 is 0 Å². The van der Waals surface area contributed by atoms with Crippen molar-refractivity contribution in [3.63, 3.8) is 0 Å². The smallest absolute Gasteiger partial charge is 0.143 e. The van der Waals surface area contributed by atoms with E-state index in [0.29, 0.717) is 11.8 Å². The van der Waals surface area contributed by atoms with E-state index in [1.54, 1.807) is 0 Å². The Labute approximate surface area is 99.4 Å². The first-order chi connectivity index (χ1) is 8.40. The fourth-order valence-electron chi connectivity index (χ4n) is 2.44. The molecule has 3 unspecified atom stereocenters. The third-order valence-electron chi connectivity index (χ3n) is 3.40. The van der Waals surface area contributed by atoms with Crippen molar-refractivity contribution in [2.45, 2.75) is 18.4 Å². The summed E-state index contributed by atoms with van der Waals surface area (Å²) in [6.45, 7) is 0. The molecule has 1 aromatic heterocycles. The van der Waals surface area contributed by atoms with Crippen molar-refractivity contribution >= 4 is 0 Å². The summed E-state index contributed by atoms with van der Waals surface area (Å²) in [7, 11) is 0. The first kappa shape index (κ1) is 10.4. The van der Waals surface area contributed by atoms with Crippen molar-refractivity contribution in [3.8, 4) is 0 Å². The predicted molar refractivity (Wildman–Crippen MR) is 63.7 cm³/mol. The van der Waals surface area contributed by atoms with E-state index in [1.807, 2.05) is 6.07 Å². The van der Waals surface area contributed by atoms with Gasteiger partial charge in [0, 0.05) is 0 Å². The summed E-state index contributed by atoms with van der Waals surface area (Å²) in [5.74, 6) is 7.49. The highest BCUT2D eigenvalue weighted by atomic mass is 15.3.